The Balaban J connectivity index is 0.000000316. The van der Waals surface area contributed by atoms with Crippen LogP contribution in [0.2, 0.25) is 5.02 Å². The van der Waals surface area contributed by atoms with E-state index < -0.39 is 0 Å². The maximum absolute atomic E-state index is 12.4. The van der Waals surface area contributed by atoms with Gasteiger partial charge in [-0.15, -0.1) is 0 Å². The first-order valence-corrected chi connectivity index (χ1v) is 11.4. The number of amides is 1. The molecule has 0 radical (unpaired) electrons. The van der Waals surface area contributed by atoms with E-state index in [0.717, 1.165) is 23.8 Å². The van der Waals surface area contributed by atoms with Crippen LogP contribution in [0.5, 0.6) is 0 Å². The summed E-state index contributed by atoms with van der Waals surface area (Å²) in [5, 5.41) is 11.6. The molecule has 4 N–H and O–H groups in total. The fraction of sp³-hybridized carbons (Fsp3) is 0.565. The maximum Gasteiger partial charge on any atom is 0.269 e. The van der Waals surface area contributed by atoms with Gasteiger partial charge in [-0.2, -0.15) is 0 Å². The molecule has 172 valence electrons. The quantitative estimate of drug-likeness (QED) is 0.531. The van der Waals surface area contributed by atoms with Gasteiger partial charge in [0.05, 0.1) is 12.1 Å². The number of nitrogens with zero attached hydrogens (tertiary/aromatic N) is 1. The Morgan fingerprint density at radius 2 is 1.84 bits per heavy atom. The van der Waals surface area contributed by atoms with Gasteiger partial charge >= 0.3 is 0 Å². The van der Waals surface area contributed by atoms with Crippen LogP contribution in [0, 0.1) is 13.8 Å². The summed E-state index contributed by atoms with van der Waals surface area (Å²) in [5.74, 6) is -0.265. The van der Waals surface area contributed by atoms with Gasteiger partial charge in [-0.1, -0.05) is 30.9 Å². The minimum atomic E-state index is -0.265. The normalized spacial score (nSPS) is 14.2. The van der Waals surface area contributed by atoms with Crippen LogP contribution in [0.3, 0.4) is 0 Å². The monoisotopic (exact) mass is 449 g/mol. The second-order valence-electron chi connectivity index (χ2n) is 8.28. The van der Waals surface area contributed by atoms with Gasteiger partial charge < -0.3 is 20.6 Å². The lowest BCUT2D eigenvalue weighted by Gasteiger charge is -2.27. The molecule has 0 atom stereocenters. The molecule has 0 aliphatic heterocycles. The van der Waals surface area contributed by atoms with Crippen LogP contribution in [0.25, 0.3) is 0 Å². The van der Waals surface area contributed by atoms with Crippen molar-refractivity contribution in [2.24, 2.45) is 0 Å². The van der Waals surface area contributed by atoms with Crippen LogP contribution in [-0.2, 0) is 6.54 Å². The van der Waals surface area contributed by atoms with E-state index in [4.69, 9.17) is 11.6 Å². The largest absolute Gasteiger partial charge is 0.385 e. The van der Waals surface area contributed by atoms with Gasteiger partial charge in [-0.05, 0) is 65.4 Å². The summed E-state index contributed by atoms with van der Waals surface area (Å²) in [5.41, 5.74) is 3.14. The Morgan fingerprint density at radius 3 is 2.35 bits per heavy atom. The van der Waals surface area contributed by atoms with Gasteiger partial charge in [0.2, 0.25) is 0 Å². The standard InChI is InChI=1S/C15H19ClN4O2.C8H17N/c1-4-17-13-6-10(16)5-11(8(13)2)14(21)18-7-12-9(3)19-20-15(12)22;1-9(2)8-6-4-3-5-7-8/h5-6,17H,4,7H2,1-3H3,(H,18,21)(H2,19,20,22);8H,3-7H2,1-2H3. The third kappa shape index (κ3) is 7.14. The molecule has 1 aromatic heterocycles. The first kappa shape index (κ1) is 25.0. The molecule has 3 rings (SSSR count). The van der Waals surface area contributed by atoms with Gasteiger partial charge in [0, 0.05) is 34.6 Å². The van der Waals surface area contributed by atoms with Crippen LogP contribution in [0.1, 0.15) is 66.2 Å². The molecule has 0 saturated heterocycles. The van der Waals surface area contributed by atoms with Gasteiger partial charge in [-0.3, -0.25) is 14.7 Å². The van der Waals surface area contributed by atoms with E-state index in [1.54, 1.807) is 19.1 Å². The van der Waals surface area contributed by atoms with Crippen LogP contribution in [-0.4, -0.2) is 47.7 Å². The number of H-pyrrole nitrogens is 2. The fourth-order valence-electron chi connectivity index (χ4n) is 3.83. The van der Waals surface area contributed by atoms with E-state index in [1.165, 1.54) is 32.1 Å². The van der Waals surface area contributed by atoms with E-state index in [2.05, 4.69) is 39.8 Å². The Morgan fingerprint density at radius 1 is 1.16 bits per heavy atom. The van der Waals surface area contributed by atoms with Crippen LogP contribution >= 0.6 is 11.6 Å². The van der Waals surface area contributed by atoms with Crippen molar-refractivity contribution >= 4 is 23.2 Å². The molecule has 2 aromatic rings. The van der Waals surface area contributed by atoms with Crippen LogP contribution in [0.15, 0.2) is 16.9 Å². The summed E-state index contributed by atoms with van der Waals surface area (Å²) in [4.78, 5) is 26.3. The molecule has 0 bridgehead atoms. The molecule has 1 aliphatic rings. The fourth-order valence-corrected chi connectivity index (χ4v) is 4.05. The molecule has 1 aromatic carbocycles. The third-order valence-corrected chi connectivity index (χ3v) is 6.02. The predicted octanol–water partition coefficient (Wildman–Crippen LogP) is 4.22. The number of carbonyl (C=O) groups is 1. The van der Waals surface area contributed by atoms with E-state index >= 15 is 0 Å². The van der Waals surface area contributed by atoms with Gasteiger partial charge in [0.15, 0.2) is 0 Å². The summed E-state index contributed by atoms with van der Waals surface area (Å²) >= 11 is 6.07. The van der Waals surface area contributed by atoms with Crippen LogP contribution < -0.4 is 16.2 Å². The summed E-state index contributed by atoms with van der Waals surface area (Å²) in [7, 11) is 4.38. The van der Waals surface area contributed by atoms with Crippen LogP contribution in [0.4, 0.5) is 5.69 Å². The Bertz CT molecular complexity index is 913. The topological polar surface area (TPSA) is 93.0 Å². The number of aromatic amines is 2. The molecule has 1 amide bonds. The Labute approximate surface area is 189 Å². The van der Waals surface area contributed by atoms with Crippen molar-refractivity contribution in [3.05, 3.63) is 49.9 Å². The van der Waals surface area contributed by atoms with Crippen molar-refractivity contribution in [3.63, 3.8) is 0 Å². The minimum absolute atomic E-state index is 0.159. The van der Waals surface area contributed by atoms with Crippen molar-refractivity contribution in [1.29, 1.82) is 0 Å². The highest BCUT2D eigenvalue weighted by Crippen LogP contribution is 2.25. The van der Waals surface area contributed by atoms with Crippen molar-refractivity contribution in [2.45, 2.75) is 65.5 Å². The number of anilines is 1. The van der Waals surface area contributed by atoms with Crippen molar-refractivity contribution in [2.75, 3.05) is 26.0 Å². The second-order valence-corrected chi connectivity index (χ2v) is 8.71. The van der Waals surface area contributed by atoms with E-state index in [0.29, 0.717) is 21.8 Å². The lowest BCUT2D eigenvalue weighted by atomic mass is 9.95. The summed E-state index contributed by atoms with van der Waals surface area (Å²) < 4.78 is 0. The number of aromatic nitrogens is 2. The molecule has 31 heavy (non-hydrogen) atoms. The van der Waals surface area contributed by atoms with Gasteiger partial charge in [0.1, 0.15) is 0 Å². The zero-order chi connectivity index (χ0) is 23.0. The number of halogens is 1. The molecule has 8 heteroatoms. The molecule has 1 heterocycles. The SMILES string of the molecule is CCNc1cc(Cl)cc(C(=O)NCc2c(C)[nH][nH]c2=O)c1C.CN(C)C1CCCCC1. The lowest BCUT2D eigenvalue weighted by Crippen LogP contribution is -2.29. The maximum atomic E-state index is 12.4. The third-order valence-electron chi connectivity index (χ3n) is 5.81. The number of aryl methyl sites for hydroxylation is 1. The van der Waals surface area contributed by atoms with E-state index in [-0.39, 0.29) is 18.0 Å². The number of rotatable bonds is 6. The second kappa shape index (κ2) is 12.0. The van der Waals surface area contributed by atoms with Gasteiger partial charge in [0.25, 0.3) is 11.5 Å². The lowest BCUT2D eigenvalue weighted by molar-refractivity contribution is 0.0950. The van der Waals surface area contributed by atoms with Crippen molar-refractivity contribution in [3.8, 4) is 0 Å². The highest BCUT2D eigenvalue weighted by atomic mass is 35.5. The summed E-state index contributed by atoms with van der Waals surface area (Å²) in [6.07, 6.45) is 7.20. The van der Waals surface area contributed by atoms with Crippen molar-refractivity contribution < 1.29 is 4.79 Å². The number of benzene rings is 1. The van der Waals surface area contributed by atoms with E-state index in [1.807, 2.05) is 13.8 Å². The molecule has 0 unspecified atom stereocenters. The van der Waals surface area contributed by atoms with E-state index in [9.17, 15) is 9.59 Å². The molecular weight excluding hydrogens is 414 g/mol. The molecule has 1 fully saturated rings. The molecular formula is C23H36ClN5O2. The average molecular weight is 450 g/mol. The number of hydrogen-bond donors (Lipinski definition) is 4. The molecule has 1 aliphatic carbocycles. The summed E-state index contributed by atoms with van der Waals surface area (Å²) in [6, 6.07) is 4.30. The zero-order valence-corrected chi connectivity index (χ0v) is 20.1. The number of carbonyl (C=O) groups excluding carboxylic acids is 1. The number of nitrogens with one attached hydrogen (secondary N) is 4. The number of hydrogen-bond acceptors (Lipinski definition) is 4. The zero-order valence-electron chi connectivity index (χ0n) is 19.3. The minimum Gasteiger partial charge on any atom is -0.385 e. The Hall–Kier alpha value is -2.25. The first-order valence-electron chi connectivity index (χ1n) is 11.0. The molecule has 0 spiro atoms. The Kier molecular flexibility index (Phi) is 9.65. The highest BCUT2D eigenvalue weighted by Gasteiger charge is 2.15. The average Bonchev–Trinajstić information content (AvgIpc) is 3.07. The van der Waals surface area contributed by atoms with Gasteiger partial charge in [-0.25, -0.2) is 0 Å². The smallest absolute Gasteiger partial charge is 0.269 e. The van der Waals surface area contributed by atoms with Crippen molar-refractivity contribution in [1.82, 2.24) is 20.4 Å². The molecule has 7 nitrogen and oxygen atoms in total. The molecule has 1 saturated carbocycles. The highest BCUT2D eigenvalue weighted by molar-refractivity contribution is 6.31. The first-order chi connectivity index (χ1) is 14.7. The summed E-state index contributed by atoms with van der Waals surface area (Å²) in [6.45, 7) is 6.50. The predicted molar refractivity (Wildman–Crippen MR) is 128 cm³/mol.